The summed E-state index contributed by atoms with van der Waals surface area (Å²) in [7, 11) is 0. The van der Waals surface area contributed by atoms with Gasteiger partial charge in [0.05, 0.1) is 5.60 Å². The van der Waals surface area contributed by atoms with Crippen molar-refractivity contribution in [1.29, 1.82) is 0 Å². The summed E-state index contributed by atoms with van der Waals surface area (Å²) in [5, 5.41) is 19.1. The second-order valence-electron chi connectivity index (χ2n) is 7.52. The van der Waals surface area contributed by atoms with E-state index in [0.717, 1.165) is 32.1 Å². The molecule has 0 aromatic rings. The monoisotopic (exact) mass is 336 g/mol. The van der Waals surface area contributed by atoms with E-state index in [2.05, 4.69) is 25.2 Å². The SMILES string of the molecule is CCCCCC(C)(O)/C=C/C1CCC[C@@H]1C/C=C\CCCC(=O)O. The molecule has 1 aliphatic rings. The first-order valence-corrected chi connectivity index (χ1v) is 9.73. The smallest absolute Gasteiger partial charge is 0.303 e. The minimum atomic E-state index is -0.713. The molecule has 1 fully saturated rings. The zero-order valence-corrected chi connectivity index (χ0v) is 15.5. The van der Waals surface area contributed by atoms with E-state index in [4.69, 9.17) is 5.11 Å². The van der Waals surface area contributed by atoms with Crippen molar-refractivity contribution in [3.8, 4) is 0 Å². The molecule has 0 saturated heterocycles. The lowest BCUT2D eigenvalue weighted by molar-refractivity contribution is -0.137. The van der Waals surface area contributed by atoms with Crippen molar-refractivity contribution in [2.45, 2.75) is 90.1 Å². The number of rotatable bonds is 12. The van der Waals surface area contributed by atoms with Gasteiger partial charge in [0.2, 0.25) is 0 Å². The van der Waals surface area contributed by atoms with E-state index in [-0.39, 0.29) is 6.42 Å². The Morgan fingerprint density at radius 3 is 2.71 bits per heavy atom. The van der Waals surface area contributed by atoms with Crippen LogP contribution in [0.1, 0.15) is 84.5 Å². The Balaban J connectivity index is 2.35. The van der Waals surface area contributed by atoms with E-state index < -0.39 is 11.6 Å². The van der Waals surface area contributed by atoms with Gasteiger partial charge in [0.1, 0.15) is 0 Å². The summed E-state index contributed by atoms with van der Waals surface area (Å²) in [6.07, 6.45) is 19.6. The Labute approximate surface area is 147 Å². The lowest BCUT2D eigenvalue weighted by atomic mass is 9.89. The highest BCUT2D eigenvalue weighted by atomic mass is 16.4. The normalized spacial score (nSPS) is 24.0. The third-order valence-electron chi connectivity index (χ3n) is 5.07. The second kappa shape index (κ2) is 11.5. The van der Waals surface area contributed by atoms with Crippen LogP contribution in [-0.2, 0) is 4.79 Å². The summed E-state index contributed by atoms with van der Waals surface area (Å²) in [6.45, 7) is 4.11. The van der Waals surface area contributed by atoms with Crippen LogP contribution in [0, 0.1) is 11.8 Å². The number of unbranched alkanes of at least 4 members (excludes halogenated alkanes) is 3. The summed E-state index contributed by atoms with van der Waals surface area (Å²) in [5.41, 5.74) is -0.672. The first-order valence-electron chi connectivity index (χ1n) is 9.73. The Kier molecular flexibility index (Phi) is 10.0. The van der Waals surface area contributed by atoms with Gasteiger partial charge in [-0.15, -0.1) is 0 Å². The molecule has 2 N–H and O–H groups in total. The Morgan fingerprint density at radius 2 is 2.00 bits per heavy atom. The van der Waals surface area contributed by atoms with Crippen molar-refractivity contribution in [1.82, 2.24) is 0 Å². The van der Waals surface area contributed by atoms with E-state index in [1.807, 2.05) is 13.0 Å². The molecular weight excluding hydrogens is 300 g/mol. The van der Waals surface area contributed by atoms with Gasteiger partial charge < -0.3 is 10.2 Å². The van der Waals surface area contributed by atoms with Crippen molar-refractivity contribution in [3.63, 3.8) is 0 Å². The number of carbonyl (C=O) groups is 1. The molecule has 3 nitrogen and oxygen atoms in total. The van der Waals surface area contributed by atoms with Crippen LogP contribution < -0.4 is 0 Å². The summed E-state index contributed by atoms with van der Waals surface area (Å²) in [6, 6.07) is 0. The van der Waals surface area contributed by atoms with E-state index in [9.17, 15) is 9.90 Å². The maximum absolute atomic E-state index is 10.5. The lowest BCUT2D eigenvalue weighted by Crippen LogP contribution is -2.21. The quantitative estimate of drug-likeness (QED) is 0.366. The molecule has 0 spiro atoms. The average molecular weight is 337 g/mol. The highest BCUT2D eigenvalue weighted by molar-refractivity contribution is 5.66. The number of aliphatic hydroxyl groups is 1. The maximum Gasteiger partial charge on any atom is 0.303 e. The van der Waals surface area contributed by atoms with Gasteiger partial charge in [-0.3, -0.25) is 4.79 Å². The zero-order chi connectivity index (χ0) is 17.8. The molecule has 138 valence electrons. The van der Waals surface area contributed by atoms with Gasteiger partial charge in [0.15, 0.2) is 0 Å². The number of allylic oxidation sites excluding steroid dienone is 3. The van der Waals surface area contributed by atoms with Gasteiger partial charge in [0.25, 0.3) is 0 Å². The third kappa shape index (κ3) is 9.27. The van der Waals surface area contributed by atoms with Crippen LogP contribution in [0.5, 0.6) is 0 Å². The fraction of sp³-hybridized carbons (Fsp3) is 0.762. The Hall–Kier alpha value is -1.09. The van der Waals surface area contributed by atoms with Crippen molar-refractivity contribution < 1.29 is 15.0 Å². The van der Waals surface area contributed by atoms with E-state index >= 15 is 0 Å². The molecule has 3 atom stereocenters. The molecule has 1 rings (SSSR count). The topological polar surface area (TPSA) is 57.5 Å². The maximum atomic E-state index is 10.5. The van der Waals surface area contributed by atoms with Gasteiger partial charge in [-0.25, -0.2) is 0 Å². The number of aliphatic carboxylic acids is 1. The number of hydrogen-bond acceptors (Lipinski definition) is 2. The highest BCUT2D eigenvalue weighted by Gasteiger charge is 2.25. The Bertz CT molecular complexity index is 409. The number of carboxylic acids is 1. The van der Waals surface area contributed by atoms with Gasteiger partial charge >= 0.3 is 5.97 Å². The molecule has 0 radical (unpaired) electrons. The minimum absolute atomic E-state index is 0.256. The first-order chi connectivity index (χ1) is 11.4. The van der Waals surface area contributed by atoms with Gasteiger partial charge in [-0.2, -0.15) is 0 Å². The Morgan fingerprint density at radius 1 is 1.21 bits per heavy atom. The van der Waals surface area contributed by atoms with Gasteiger partial charge in [-0.1, -0.05) is 56.9 Å². The summed E-state index contributed by atoms with van der Waals surface area (Å²) in [5.74, 6) is 0.533. The molecule has 0 aromatic heterocycles. The average Bonchev–Trinajstić information content (AvgIpc) is 2.96. The van der Waals surface area contributed by atoms with E-state index in [1.54, 1.807) is 0 Å². The van der Waals surface area contributed by atoms with Crippen molar-refractivity contribution in [3.05, 3.63) is 24.3 Å². The predicted molar refractivity (Wildman–Crippen MR) is 100.0 cm³/mol. The highest BCUT2D eigenvalue weighted by Crippen LogP contribution is 2.36. The summed E-state index contributed by atoms with van der Waals surface area (Å²) >= 11 is 0. The fourth-order valence-corrected chi connectivity index (χ4v) is 3.52. The molecule has 0 aliphatic heterocycles. The molecule has 1 saturated carbocycles. The standard InChI is InChI=1S/C21H36O3/c1-3-4-9-16-21(2,24)17-15-19-13-10-12-18(19)11-7-5-6-8-14-20(22)23/h5,7,15,17-19,24H,3-4,6,8-14,16H2,1-2H3,(H,22,23)/b7-5-,17-15+/t18-,19?,21?/m0/s1. The second-order valence-corrected chi connectivity index (χ2v) is 7.52. The number of carboxylic acid groups (broad SMARTS) is 1. The van der Waals surface area contributed by atoms with Crippen LogP contribution in [0.3, 0.4) is 0 Å². The van der Waals surface area contributed by atoms with Crippen LogP contribution >= 0.6 is 0 Å². The van der Waals surface area contributed by atoms with Crippen molar-refractivity contribution >= 4 is 5.97 Å². The van der Waals surface area contributed by atoms with E-state index in [0.29, 0.717) is 11.8 Å². The van der Waals surface area contributed by atoms with E-state index in [1.165, 1.54) is 32.1 Å². The molecule has 0 heterocycles. The van der Waals surface area contributed by atoms with Gasteiger partial charge in [-0.05, 0) is 57.3 Å². The largest absolute Gasteiger partial charge is 0.481 e. The molecule has 0 amide bonds. The van der Waals surface area contributed by atoms with Crippen molar-refractivity contribution in [2.24, 2.45) is 11.8 Å². The van der Waals surface area contributed by atoms with Crippen LogP contribution in [0.15, 0.2) is 24.3 Å². The minimum Gasteiger partial charge on any atom is -0.481 e. The lowest BCUT2D eigenvalue weighted by Gasteiger charge is -2.21. The molecule has 3 heteroatoms. The first kappa shape index (κ1) is 21.0. The summed E-state index contributed by atoms with van der Waals surface area (Å²) in [4.78, 5) is 10.5. The van der Waals surface area contributed by atoms with Crippen LogP contribution in [0.2, 0.25) is 0 Å². The molecule has 0 aromatic carbocycles. The molecule has 24 heavy (non-hydrogen) atoms. The van der Waals surface area contributed by atoms with Crippen LogP contribution in [-0.4, -0.2) is 21.8 Å². The molecule has 2 unspecified atom stereocenters. The zero-order valence-electron chi connectivity index (χ0n) is 15.5. The van der Waals surface area contributed by atoms with Crippen LogP contribution in [0.25, 0.3) is 0 Å². The fourth-order valence-electron chi connectivity index (χ4n) is 3.52. The van der Waals surface area contributed by atoms with Gasteiger partial charge in [0, 0.05) is 6.42 Å². The number of hydrogen-bond donors (Lipinski definition) is 2. The molecular formula is C21H36O3. The molecule has 0 bridgehead atoms. The molecule has 1 aliphatic carbocycles. The van der Waals surface area contributed by atoms with Crippen LogP contribution in [0.4, 0.5) is 0 Å². The predicted octanol–water partition coefficient (Wildman–Crippen LogP) is 5.49. The summed E-state index contributed by atoms with van der Waals surface area (Å²) < 4.78 is 0. The van der Waals surface area contributed by atoms with Crippen molar-refractivity contribution in [2.75, 3.05) is 0 Å². The third-order valence-corrected chi connectivity index (χ3v) is 5.07.